The van der Waals surface area contributed by atoms with E-state index >= 15 is 0 Å². The summed E-state index contributed by atoms with van der Waals surface area (Å²) in [6.07, 6.45) is 4.75. The number of benzene rings is 1. The number of likely N-dealkylation sites (tertiary alicyclic amines) is 1. The molecule has 2 aromatic rings. The van der Waals surface area contributed by atoms with Gasteiger partial charge in [-0.2, -0.15) is 0 Å². The fourth-order valence-electron chi connectivity index (χ4n) is 3.72. The number of nitrogens with one attached hydrogen (secondary N) is 2. The Bertz CT molecular complexity index is 1050. The minimum Gasteiger partial charge on any atom is -0.341 e. The van der Waals surface area contributed by atoms with E-state index in [-0.39, 0.29) is 10.8 Å². The molecule has 0 radical (unpaired) electrons. The first-order chi connectivity index (χ1) is 14.9. The number of anilines is 1. The molecule has 166 valence electrons. The van der Waals surface area contributed by atoms with Crippen LogP contribution in [0.3, 0.4) is 0 Å². The Labute approximate surface area is 190 Å². The molecule has 0 bridgehead atoms. The molecule has 4 rings (SSSR count). The van der Waals surface area contributed by atoms with Gasteiger partial charge in [-0.25, -0.2) is 13.1 Å². The lowest BCUT2D eigenvalue weighted by atomic mass is 10.2. The summed E-state index contributed by atoms with van der Waals surface area (Å²) in [5, 5.41) is 3.86. The average molecular weight is 480 g/mol. The largest absolute Gasteiger partial charge is 0.341 e. The zero-order valence-corrected chi connectivity index (χ0v) is 19.5. The van der Waals surface area contributed by atoms with E-state index in [1.807, 2.05) is 17.5 Å². The van der Waals surface area contributed by atoms with Gasteiger partial charge in [0.1, 0.15) is 0 Å². The van der Waals surface area contributed by atoms with Gasteiger partial charge in [0.05, 0.1) is 10.6 Å². The highest BCUT2D eigenvalue weighted by molar-refractivity contribution is 8.01. The number of nitrogens with zero attached hydrogens (tertiary/aromatic N) is 1. The Morgan fingerprint density at radius 2 is 1.94 bits per heavy atom. The molecule has 2 amide bonds. The van der Waals surface area contributed by atoms with E-state index < -0.39 is 21.2 Å². The van der Waals surface area contributed by atoms with Gasteiger partial charge in [-0.3, -0.25) is 9.59 Å². The highest BCUT2D eigenvalue weighted by Crippen LogP contribution is 2.38. The summed E-state index contributed by atoms with van der Waals surface area (Å²) in [5.41, 5.74) is 0.427. The molecule has 1 fully saturated rings. The first-order valence-corrected chi connectivity index (χ1v) is 13.6. The molecule has 1 aromatic carbocycles. The summed E-state index contributed by atoms with van der Waals surface area (Å²) in [5.74, 6) is -0.561. The van der Waals surface area contributed by atoms with Crippen LogP contribution >= 0.6 is 23.1 Å². The van der Waals surface area contributed by atoms with Crippen molar-refractivity contribution in [3.63, 3.8) is 0 Å². The number of rotatable bonds is 6. The van der Waals surface area contributed by atoms with Crippen molar-refractivity contribution < 1.29 is 18.0 Å². The second-order valence-corrected chi connectivity index (χ2v) is 11.6. The van der Waals surface area contributed by atoms with Crippen LogP contribution in [0.4, 0.5) is 5.69 Å². The smallest absolute Gasteiger partial charge is 0.247 e. The van der Waals surface area contributed by atoms with Crippen LogP contribution in [-0.2, 0) is 26.0 Å². The van der Waals surface area contributed by atoms with Gasteiger partial charge in [0.25, 0.3) is 0 Å². The Morgan fingerprint density at radius 1 is 1.16 bits per heavy atom. The van der Waals surface area contributed by atoms with Crippen molar-refractivity contribution in [3.05, 3.63) is 40.6 Å². The molecule has 10 heteroatoms. The fourth-order valence-corrected chi connectivity index (χ4v) is 6.54. The van der Waals surface area contributed by atoms with Gasteiger partial charge >= 0.3 is 0 Å². The number of hydrogen-bond acceptors (Lipinski definition) is 6. The summed E-state index contributed by atoms with van der Waals surface area (Å²) in [6, 6.07) is 8.54. The number of amides is 2. The molecule has 3 heterocycles. The summed E-state index contributed by atoms with van der Waals surface area (Å²) >= 11 is 2.78. The van der Waals surface area contributed by atoms with Crippen molar-refractivity contribution in [1.29, 1.82) is 0 Å². The van der Waals surface area contributed by atoms with E-state index in [1.54, 1.807) is 22.3 Å². The van der Waals surface area contributed by atoms with Gasteiger partial charge in [0, 0.05) is 29.4 Å². The lowest BCUT2D eigenvalue weighted by Gasteiger charge is -2.28. The third-order valence-corrected chi connectivity index (χ3v) is 9.04. The first kappa shape index (κ1) is 22.3. The third kappa shape index (κ3) is 5.31. The van der Waals surface area contributed by atoms with Crippen molar-refractivity contribution in [1.82, 2.24) is 9.62 Å². The van der Waals surface area contributed by atoms with Crippen LogP contribution < -0.4 is 10.0 Å². The van der Waals surface area contributed by atoms with E-state index in [4.69, 9.17) is 0 Å². The maximum absolute atomic E-state index is 12.9. The van der Waals surface area contributed by atoms with Gasteiger partial charge < -0.3 is 10.2 Å². The number of fused-ring (bicyclic) bond motifs is 1. The number of carbonyl (C=O) groups is 2. The summed E-state index contributed by atoms with van der Waals surface area (Å²) < 4.78 is 27.9. The van der Waals surface area contributed by atoms with Crippen LogP contribution in [0, 0.1) is 0 Å². The summed E-state index contributed by atoms with van der Waals surface area (Å²) in [4.78, 5) is 29.2. The summed E-state index contributed by atoms with van der Waals surface area (Å²) in [6.45, 7) is 1.67. The van der Waals surface area contributed by atoms with Gasteiger partial charge in [-0.15, -0.1) is 23.1 Å². The van der Waals surface area contributed by atoms with Crippen LogP contribution in [0.1, 0.15) is 30.6 Å². The monoisotopic (exact) mass is 479 g/mol. The van der Waals surface area contributed by atoms with Crippen LogP contribution in [0.5, 0.6) is 0 Å². The molecule has 2 N–H and O–H groups in total. The Hall–Kier alpha value is -1.88. The molecule has 1 aromatic heterocycles. The van der Waals surface area contributed by atoms with Gasteiger partial charge in [-0.1, -0.05) is 18.9 Å². The van der Waals surface area contributed by atoms with Gasteiger partial charge in [0.2, 0.25) is 21.8 Å². The third-order valence-electron chi connectivity index (χ3n) is 5.39. The SMILES string of the molecule is O=C1Nc2cc(S(=O)(=O)NCCc3cccs3)ccc2S[C@@H]1C(=O)N1CCCCCC1. The maximum atomic E-state index is 12.9. The number of thiophene rings is 1. The maximum Gasteiger partial charge on any atom is 0.247 e. The number of sulfonamides is 1. The summed E-state index contributed by atoms with van der Waals surface area (Å²) in [7, 11) is -3.70. The van der Waals surface area contributed by atoms with Crippen LogP contribution in [0.2, 0.25) is 0 Å². The molecule has 0 spiro atoms. The van der Waals surface area contributed by atoms with Crippen molar-refractivity contribution in [3.8, 4) is 0 Å². The van der Waals surface area contributed by atoms with Crippen LogP contribution in [0.25, 0.3) is 0 Å². The van der Waals surface area contributed by atoms with Crippen molar-refractivity contribution >= 4 is 50.6 Å². The molecule has 7 nitrogen and oxygen atoms in total. The highest BCUT2D eigenvalue weighted by Gasteiger charge is 2.36. The molecule has 1 atom stereocenters. The van der Waals surface area contributed by atoms with E-state index in [9.17, 15) is 18.0 Å². The highest BCUT2D eigenvalue weighted by atomic mass is 32.2. The van der Waals surface area contributed by atoms with Crippen LogP contribution in [0.15, 0.2) is 45.5 Å². The van der Waals surface area contributed by atoms with E-state index in [1.165, 1.54) is 23.9 Å². The Balaban J connectivity index is 1.44. The van der Waals surface area contributed by atoms with E-state index in [2.05, 4.69) is 10.0 Å². The molecule has 2 aliphatic heterocycles. The van der Waals surface area contributed by atoms with Gasteiger partial charge in [-0.05, 0) is 48.9 Å². The molecule has 31 heavy (non-hydrogen) atoms. The van der Waals surface area contributed by atoms with Crippen molar-refractivity contribution in [2.24, 2.45) is 0 Å². The average Bonchev–Trinajstić information content (AvgIpc) is 3.12. The standard InChI is InChI=1S/C21H25N3O4S3/c25-20-19(21(26)24-11-3-1-2-4-12-24)30-18-8-7-16(14-17(18)23-20)31(27,28)22-10-9-15-6-5-13-29-15/h5-8,13-14,19,22H,1-4,9-12H2,(H,23,25)/t19-/m0/s1. The molecule has 0 saturated carbocycles. The fraction of sp³-hybridized carbons (Fsp3) is 0.429. The van der Waals surface area contributed by atoms with Crippen molar-refractivity contribution in [2.45, 2.75) is 47.1 Å². The molecule has 0 unspecified atom stereocenters. The molecular weight excluding hydrogens is 454 g/mol. The zero-order valence-electron chi connectivity index (χ0n) is 17.0. The number of hydrogen-bond donors (Lipinski definition) is 2. The molecular formula is C21H25N3O4S3. The molecule has 1 saturated heterocycles. The first-order valence-electron chi connectivity index (χ1n) is 10.4. The normalized spacial score (nSPS) is 19.4. The Kier molecular flexibility index (Phi) is 7.00. The molecule has 0 aliphatic carbocycles. The zero-order chi connectivity index (χ0) is 21.8. The van der Waals surface area contributed by atoms with Gasteiger partial charge in [0.15, 0.2) is 5.25 Å². The Morgan fingerprint density at radius 3 is 2.65 bits per heavy atom. The quantitative estimate of drug-likeness (QED) is 0.621. The minimum absolute atomic E-state index is 0.0932. The van der Waals surface area contributed by atoms with Crippen LogP contribution in [-0.4, -0.2) is 50.0 Å². The number of carbonyl (C=O) groups excluding carboxylic acids is 2. The topological polar surface area (TPSA) is 95.6 Å². The predicted octanol–water partition coefficient (Wildman–Crippen LogP) is 3.08. The predicted molar refractivity (Wildman–Crippen MR) is 123 cm³/mol. The second-order valence-electron chi connectivity index (χ2n) is 7.61. The lowest BCUT2D eigenvalue weighted by Crippen LogP contribution is -2.45. The van der Waals surface area contributed by atoms with E-state index in [0.717, 1.165) is 30.6 Å². The second kappa shape index (κ2) is 9.72. The minimum atomic E-state index is -3.70. The molecule has 2 aliphatic rings. The van der Waals surface area contributed by atoms with Crippen molar-refractivity contribution in [2.75, 3.05) is 25.0 Å². The number of thioether (sulfide) groups is 1. The lowest BCUT2D eigenvalue weighted by molar-refractivity contribution is -0.133. The van der Waals surface area contributed by atoms with E-state index in [0.29, 0.717) is 36.6 Å².